The highest BCUT2D eigenvalue weighted by molar-refractivity contribution is 7.09. The van der Waals surface area contributed by atoms with E-state index in [9.17, 15) is 4.79 Å². The van der Waals surface area contributed by atoms with E-state index in [0.717, 1.165) is 30.2 Å². The van der Waals surface area contributed by atoms with Crippen LogP contribution in [0.2, 0.25) is 0 Å². The van der Waals surface area contributed by atoms with E-state index in [2.05, 4.69) is 10.3 Å². The number of aromatic nitrogens is 1. The second-order valence-corrected chi connectivity index (χ2v) is 4.17. The molecule has 0 aromatic carbocycles. The third-order valence-corrected chi connectivity index (χ3v) is 2.57. The van der Waals surface area contributed by atoms with Crippen molar-refractivity contribution in [3.05, 3.63) is 16.1 Å². The smallest absolute Gasteiger partial charge is 0.217 e. The quantitative estimate of drug-likeness (QED) is 0.687. The highest BCUT2D eigenvalue weighted by Crippen LogP contribution is 2.06. The number of nitrogens with zero attached hydrogens (tertiary/aromatic N) is 1. The second-order valence-electron chi connectivity index (χ2n) is 3.10. The van der Waals surface area contributed by atoms with Crippen LogP contribution >= 0.6 is 11.3 Å². The molecule has 1 aromatic heterocycles. The fourth-order valence-corrected chi connectivity index (χ4v) is 1.71. The van der Waals surface area contributed by atoms with Crippen LogP contribution in [0.5, 0.6) is 0 Å². The van der Waals surface area contributed by atoms with Gasteiger partial charge >= 0.3 is 0 Å². The summed E-state index contributed by atoms with van der Waals surface area (Å²) in [6.45, 7) is 3.56. The number of rotatable bonds is 6. The Morgan fingerprint density at radius 3 is 3.07 bits per heavy atom. The minimum atomic E-state index is -0.240. The average molecular weight is 213 g/mol. The summed E-state index contributed by atoms with van der Waals surface area (Å²) < 4.78 is 0. The third-order valence-electron chi connectivity index (χ3n) is 1.75. The lowest BCUT2D eigenvalue weighted by Gasteiger charge is -2.00. The summed E-state index contributed by atoms with van der Waals surface area (Å²) in [5, 5.41) is 6.33. The summed E-state index contributed by atoms with van der Waals surface area (Å²) in [6.07, 6.45) is 1.24. The van der Waals surface area contributed by atoms with Gasteiger partial charge in [-0.15, -0.1) is 11.3 Å². The molecule has 0 fully saturated rings. The fraction of sp³-hybridized carbons (Fsp3) is 0.556. The van der Waals surface area contributed by atoms with E-state index in [1.165, 1.54) is 0 Å². The lowest BCUT2D eigenvalue weighted by molar-refractivity contribution is -0.118. The Bertz CT molecular complexity index is 298. The molecule has 0 bridgehead atoms. The van der Waals surface area contributed by atoms with Crippen LogP contribution in [0.4, 0.5) is 0 Å². The van der Waals surface area contributed by atoms with E-state index in [-0.39, 0.29) is 5.91 Å². The van der Waals surface area contributed by atoms with E-state index in [1.54, 1.807) is 11.3 Å². The first-order valence-electron chi connectivity index (χ1n) is 4.58. The number of nitrogens with one attached hydrogen (secondary N) is 1. The molecule has 5 heteroatoms. The van der Waals surface area contributed by atoms with Crippen LogP contribution in [-0.4, -0.2) is 17.4 Å². The maximum atomic E-state index is 10.4. The van der Waals surface area contributed by atoms with Crippen LogP contribution < -0.4 is 11.1 Å². The molecule has 1 amide bonds. The van der Waals surface area contributed by atoms with Gasteiger partial charge in [-0.2, -0.15) is 0 Å². The molecule has 1 heterocycles. The van der Waals surface area contributed by atoms with Crippen molar-refractivity contribution in [2.45, 2.75) is 26.3 Å². The molecule has 78 valence electrons. The Kier molecular flexibility index (Phi) is 4.55. The number of amides is 1. The molecule has 0 spiro atoms. The minimum Gasteiger partial charge on any atom is -0.370 e. The van der Waals surface area contributed by atoms with Gasteiger partial charge in [-0.3, -0.25) is 4.79 Å². The zero-order valence-electron chi connectivity index (χ0n) is 8.25. The van der Waals surface area contributed by atoms with Gasteiger partial charge in [-0.1, -0.05) is 0 Å². The summed E-state index contributed by atoms with van der Waals surface area (Å²) in [4.78, 5) is 14.7. The Labute approximate surface area is 87.5 Å². The lowest BCUT2D eigenvalue weighted by atomic mass is 10.3. The zero-order valence-corrected chi connectivity index (χ0v) is 9.06. The van der Waals surface area contributed by atoms with E-state index < -0.39 is 0 Å². The van der Waals surface area contributed by atoms with E-state index in [0.29, 0.717) is 6.42 Å². The summed E-state index contributed by atoms with van der Waals surface area (Å²) in [6, 6.07) is 0. The summed E-state index contributed by atoms with van der Waals surface area (Å²) in [7, 11) is 0. The van der Waals surface area contributed by atoms with Crippen LogP contribution in [0.3, 0.4) is 0 Å². The van der Waals surface area contributed by atoms with Crippen molar-refractivity contribution in [2.75, 3.05) is 6.54 Å². The number of hydrogen-bond acceptors (Lipinski definition) is 4. The number of carbonyl (C=O) groups excluding carboxylic acids is 1. The van der Waals surface area contributed by atoms with Crippen molar-refractivity contribution in [1.29, 1.82) is 0 Å². The molecule has 14 heavy (non-hydrogen) atoms. The molecule has 0 saturated carbocycles. The van der Waals surface area contributed by atoms with E-state index in [1.807, 2.05) is 12.3 Å². The molecule has 4 nitrogen and oxygen atoms in total. The number of primary amides is 1. The Morgan fingerprint density at radius 1 is 1.71 bits per heavy atom. The van der Waals surface area contributed by atoms with Gasteiger partial charge in [0.25, 0.3) is 0 Å². The number of thiazole rings is 1. The van der Waals surface area contributed by atoms with Gasteiger partial charge < -0.3 is 11.1 Å². The van der Waals surface area contributed by atoms with Gasteiger partial charge in [0.15, 0.2) is 0 Å². The summed E-state index contributed by atoms with van der Waals surface area (Å²) in [5.74, 6) is -0.240. The molecule has 0 aliphatic heterocycles. The largest absolute Gasteiger partial charge is 0.370 e. The highest BCUT2D eigenvalue weighted by Gasteiger charge is 1.97. The first-order valence-corrected chi connectivity index (χ1v) is 5.46. The number of nitrogens with two attached hydrogens (primary N) is 1. The molecular formula is C9H15N3OS. The summed E-state index contributed by atoms with van der Waals surface area (Å²) in [5.41, 5.74) is 6.07. The maximum Gasteiger partial charge on any atom is 0.217 e. The minimum absolute atomic E-state index is 0.240. The number of hydrogen-bond donors (Lipinski definition) is 2. The molecule has 1 aromatic rings. The van der Waals surface area contributed by atoms with Crippen LogP contribution in [0.1, 0.15) is 23.5 Å². The highest BCUT2D eigenvalue weighted by atomic mass is 32.1. The first-order chi connectivity index (χ1) is 6.68. The molecule has 3 N–H and O–H groups in total. The Balaban J connectivity index is 2.07. The molecule has 0 aliphatic rings. The predicted molar refractivity (Wildman–Crippen MR) is 57.0 cm³/mol. The Morgan fingerprint density at radius 2 is 2.50 bits per heavy atom. The molecule has 0 unspecified atom stereocenters. The summed E-state index contributed by atoms with van der Waals surface area (Å²) >= 11 is 1.65. The van der Waals surface area contributed by atoms with Crippen LogP contribution in [0.15, 0.2) is 5.38 Å². The zero-order chi connectivity index (χ0) is 10.4. The number of carbonyl (C=O) groups is 1. The van der Waals surface area contributed by atoms with Crippen molar-refractivity contribution in [2.24, 2.45) is 5.73 Å². The normalized spacial score (nSPS) is 10.4. The molecule has 0 aliphatic carbocycles. The van der Waals surface area contributed by atoms with Gasteiger partial charge in [-0.05, 0) is 19.9 Å². The van der Waals surface area contributed by atoms with Crippen molar-refractivity contribution in [3.63, 3.8) is 0 Å². The molecule has 0 radical (unpaired) electrons. The van der Waals surface area contributed by atoms with Crippen molar-refractivity contribution in [3.8, 4) is 0 Å². The van der Waals surface area contributed by atoms with Gasteiger partial charge in [0.1, 0.15) is 0 Å². The van der Waals surface area contributed by atoms with Crippen LogP contribution in [0.25, 0.3) is 0 Å². The molecular weight excluding hydrogens is 198 g/mol. The monoisotopic (exact) mass is 213 g/mol. The predicted octanol–water partition coefficient (Wildman–Crippen LogP) is 0.807. The standard InChI is InChI=1S/C9H15N3OS/c1-7-12-8(6-14-7)5-11-4-2-3-9(10)13/h6,11H,2-5H2,1H3,(H2,10,13). The lowest BCUT2D eigenvalue weighted by Crippen LogP contribution is -2.18. The molecule has 0 saturated heterocycles. The van der Waals surface area contributed by atoms with Gasteiger partial charge in [0.2, 0.25) is 5.91 Å². The average Bonchev–Trinajstić information content (AvgIpc) is 2.50. The van der Waals surface area contributed by atoms with Gasteiger partial charge in [0, 0.05) is 18.3 Å². The van der Waals surface area contributed by atoms with E-state index in [4.69, 9.17) is 5.73 Å². The maximum absolute atomic E-state index is 10.4. The van der Waals surface area contributed by atoms with Crippen molar-refractivity contribution < 1.29 is 4.79 Å². The topological polar surface area (TPSA) is 68.0 Å². The fourth-order valence-electron chi connectivity index (χ4n) is 1.09. The third kappa shape index (κ3) is 4.34. The first kappa shape index (κ1) is 11.1. The van der Waals surface area contributed by atoms with E-state index >= 15 is 0 Å². The van der Waals surface area contributed by atoms with Crippen LogP contribution in [0, 0.1) is 6.92 Å². The molecule has 0 atom stereocenters. The SMILES string of the molecule is Cc1nc(CNCCCC(N)=O)cs1. The van der Waals surface area contributed by atoms with Gasteiger partial charge in [-0.25, -0.2) is 4.98 Å². The van der Waals surface area contributed by atoms with Crippen molar-refractivity contribution >= 4 is 17.2 Å². The Hall–Kier alpha value is -0.940. The van der Waals surface area contributed by atoms with Gasteiger partial charge in [0.05, 0.1) is 10.7 Å². The van der Waals surface area contributed by atoms with Crippen LogP contribution in [-0.2, 0) is 11.3 Å². The van der Waals surface area contributed by atoms with Crippen molar-refractivity contribution in [1.82, 2.24) is 10.3 Å². The molecule has 1 rings (SSSR count). The number of aryl methyl sites for hydroxylation is 1. The second kappa shape index (κ2) is 5.72.